The Bertz CT molecular complexity index is 1260. The number of halogens is 1. The predicted molar refractivity (Wildman–Crippen MR) is 123 cm³/mol. The number of aryl methyl sites for hydroxylation is 2. The number of carbonyl (C=O) groups is 2. The lowest BCUT2D eigenvalue weighted by molar-refractivity contribution is -0.122. The third-order valence-electron chi connectivity index (χ3n) is 5.22. The number of carbonyl (C=O) groups excluding carboxylic acids is 2. The third-order valence-corrected chi connectivity index (χ3v) is 5.50. The molecule has 4 rings (SSSR count). The largest absolute Gasteiger partial charge is 0.318 e. The highest BCUT2D eigenvalue weighted by Gasteiger charge is 2.34. The Morgan fingerprint density at radius 3 is 2.35 bits per heavy atom. The van der Waals surface area contributed by atoms with Crippen molar-refractivity contribution >= 4 is 40.9 Å². The molecule has 1 saturated heterocycles. The van der Waals surface area contributed by atoms with Gasteiger partial charge in [0.1, 0.15) is 11.4 Å². The monoisotopic (exact) mass is 433 g/mol. The van der Waals surface area contributed by atoms with Crippen LogP contribution in [0, 0.1) is 26.6 Å². The lowest BCUT2D eigenvalue weighted by Crippen LogP contribution is -2.54. The van der Waals surface area contributed by atoms with Crippen molar-refractivity contribution in [1.82, 2.24) is 9.88 Å². The van der Waals surface area contributed by atoms with Crippen molar-refractivity contribution in [3.05, 3.63) is 88.5 Å². The van der Waals surface area contributed by atoms with Gasteiger partial charge in [0.05, 0.1) is 5.69 Å². The summed E-state index contributed by atoms with van der Waals surface area (Å²) in [4.78, 5) is 27.2. The molecular weight excluding hydrogens is 413 g/mol. The molecule has 1 aliphatic heterocycles. The smallest absolute Gasteiger partial charge is 0.270 e. The first-order chi connectivity index (χ1) is 14.8. The summed E-state index contributed by atoms with van der Waals surface area (Å²) in [7, 11) is 0. The van der Waals surface area contributed by atoms with Crippen LogP contribution in [-0.4, -0.2) is 21.5 Å². The number of thiocarbonyl (C=S) groups is 1. The van der Waals surface area contributed by atoms with Crippen LogP contribution in [-0.2, 0) is 9.59 Å². The lowest BCUT2D eigenvalue weighted by Gasteiger charge is -2.29. The summed E-state index contributed by atoms with van der Waals surface area (Å²) in [5.74, 6) is -1.33. The molecule has 1 fully saturated rings. The molecule has 2 aromatic carbocycles. The SMILES string of the molecule is Cc1cccc(N2C(=O)/C(=C/c3cc(C)n(-c4ccc(F)cc4)c3C)C(=O)NC2=S)c1. The van der Waals surface area contributed by atoms with E-state index < -0.39 is 11.8 Å². The van der Waals surface area contributed by atoms with Gasteiger partial charge in [0.2, 0.25) is 0 Å². The molecule has 0 atom stereocenters. The van der Waals surface area contributed by atoms with E-state index in [0.29, 0.717) is 5.69 Å². The molecule has 0 spiro atoms. The molecular formula is C24H20FN3O2S. The molecule has 0 bridgehead atoms. The summed E-state index contributed by atoms with van der Waals surface area (Å²) in [5.41, 5.74) is 4.80. The van der Waals surface area contributed by atoms with Gasteiger partial charge in [-0.3, -0.25) is 19.8 Å². The summed E-state index contributed by atoms with van der Waals surface area (Å²) in [6.45, 7) is 5.72. The van der Waals surface area contributed by atoms with Gasteiger partial charge in [0, 0.05) is 17.1 Å². The molecule has 1 N–H and O–H groups in total. The van der Waals surface area contributed by atoms with E-state index in [-0.39, 0.29) is 16.5 Å². The zero-order chi connectivity index (χ0) is 22.3. The summed E-state index contributed by atoms with van der Waals surface area (Å²) in [6.07, 6.45) is 1.57. The summed E-state index contributed by atoms with van der Waals surface area (Å²) >= 11 is 5.26. The van der Waals surface area contributed by atoms with Crippen molar-refractivity contribution in [2.75, 3.05) is 4.90 Å². The maximum absolute atomic E-state index is 13.3. The second-order valence-electron chi connectivity index (χ2n) is 7.44. The van der Waals surface area contributed by atoms with Gasteiger partial charge in [-0.2, -0.15) is 0 Å². The molecule has 1 aromatic heterocycles. The van der Waals surface area contributed by atoms with Crippen molar-refractivity contribution in [2.45, 2.75) is 20.8 Å². The van der Waals surface area contributed by atoms with Crippen LogP contribution in [0.15, 0.2) is 60.2 Å². The Kier molecular flexibility index (Phi) is 5.29. The Labute approximate surface area is 184 Å². The summed E-state index contributed by atoms with van der Waals surface area (Å²) in [5, 5.41) is 2.66. The van der Waals surface area contributed by atoms with Crippen LogP contribution >= 0.6 is 12.2 Å². The van der Waals surface area contributed by atoms with Crippen molar-refractivity contribution in [1.29, 1.82) is 0 Å². The van der Waals surface area contributed by atoms with Gasteiger partial charge in [-0.25, -0.2) is 4.39 Å². The number of hydrogen-bond acceptors (Lipinski definition) is 3. The van der Waals surface area contributed by atoms with E-state index in [2.05, 4.69) is 5.32 Å². The molecule has 2 heterocycles. The van der Waals surface area contributed by atoms with Gasteiger partial charge in [0.15, 0.2) is 5.11 Å². The maximum Gasteiger partial charge on any atom is 0.270 e. The van der Waals surface area contributed by atoms with Crippen LogP contribution in [0.2, 0.25) is 0 Å². The van der Waals surface area contributed by atoms with E-state index in [9.17, 15) is 14.0 Å². The minimum Gasteiger partial charge on any atom is -0.318 e. The van der Waals surface area contributed by atoms with Gasteiger partial charge in [-0.1, -0.05) is 12.1 Å². The maximum atomic E-state index is 13.3. The average Bonchev–Trinajstić information content (AvgIpc) is 2.99. The Morgan fingerprint density at radius 2 is 1.68 bits per heavy atom. The van der Waals surface area contributed by atoms with Crippen molar-refractivity contribution in [2.24, 2.45) is 0 Å². The van der Waals surface area contributed by atoms with Crippen molar-refractivity contribution < 1.29 is 14.0 Å². The number of hydrogen-bond donors (Lipinski definition) is 1. The van der Waals surface area contributed by atoms with Crippen LogP contribution in [0.5, 0.6) is 0 Å². The molecule has 0 saturated carbocycles. The minimum atomic E-state index is -0.537. The van der Waals surface area contributed by atoms with E-state index in [1.807, 2.05) is 49.6 Å². The van der Waals surface area contributed by atoms with Crippen LogP contribution in [0.25, 0.3) is 11.8 Å². The number of benzene rings is 2. The standard InChI is InChI=1S/C24H20FN3O2S/c1-14-5-4-6-20(11-14)28-23(30)21(22(29)26-24(28)31)13-17-12-15(2)27(16(17)3)19-9-7-18(25)8-10-19/h4-13H,1-3H3,(H,26,29,31)/b21-13+. The second-order valence-corrected chi connectivity index (χ2v) is 7.82. The Hall–Kier alpha value is -3.58. The Morgan fingerprint density at radius 1 is 0.968 bits per heavy atom. The van der Waals surface area contributed by atoms with E-state index in [4.69, 9.17) is 12.2 Å². The molecule has 0 aliphatic carbocycles. The van der Waals surface area contributed by atoms with Gasteiger partial charge in [-0.05, 0) is 92.7 Å². The fourth-order valence-electron chi connectivity index (χ4n) is 3.74. The zero-order valence-electron chi connectivity index (χ0n) is 17.3. The molecule has 0 radical (unpaired) electrons. The number of amides is 2. The second kappa shape index (κ2) is 7.92. The first kappa shape index (κ1) is 20.7. The number of nitrogens with one attached hydrogen (secondary N) is 1. The molecule has 31 heavy (non-hydrogen) atoms. The first-order valence-electron chi connectivity index (χ1n) is 9.69. The first-order valence-corrected chi connectivity index (χ1v) is 10.1. The van der Waals surface area contributed by atoms with Crippen molar-refractivity contribution in [3.63, 3.8) is 0 Å². The number of rotatable bonds is 3. The van der Waals surface area contributed by atoms with E-state index in [0.717, 1.165) is 28.2 Å². The van der Waals surface area contributed by atoms with Crippen LogP contribution in [0.4, 0.5) is 10.1 Å². The molecule has 0 unspecified atom stereocenters. The highest BCUT2D eigenvalue weighted by Crippen LogP contribution is 2.26. The fourth-order valence-corrected chi connectivity index (χ4v) is 4.02. The summed E-state index contributed by atoms with van der Waals surface area (Å²) in [6, 6.07) is 15.4. The van der Waals surface area contributed by atoms with Crippen LogP contribution < -0.4 is 10.2 Å². The van der Waals surface area contributed by atoms with E-state index in [1.165, 1.54) is 17.0 Å². The van der Waals surface area contributed by atoms with Gasteiger partial charge in [-0.15, -0.1) is 0 Å². The van der Waals surface area contributed by atoms with Crippen molar-refractivity contribution in [3.8, 4) is 5.69 Å². The molecule has 5 nitrogen and oxygen atoms in total. The zero-order valence-corrected chi connectivity index (χ0v) is 18.1. The molecule has 7 heteroatoms. The molecule has 2 amide bonds. The van der Waals surface area contributed by atoms with E-state index >= 15 is 0 Å². The topological polar surface area (TPSA) is 54.3 Å². The highest BCUT2D eigenvalue weighted by molar-refractivity contribution is 7.80. The highest BCUT2D eigenvalue weighted by atomic mass is 32.1. The predicted octanol–water partition coefficient (Wildman–Crippen LogP) is 4.37. The van der Waals surface area contributed by atoms with Crippen LogP contribution in [0.3, 0.4) is 0 Å². The normalized spacial score (nSPS) is 15.5. The van der Waals surface area contributed by atoms with E-state index in [1.54, 1.807) is 24.3 Å². The average molecular weight is 434 g/mol. The van der Waals surface area contributed by atoms with Crippen LogP contribution in [0.1, 0.15) is 22.5 Å². The fraction of sp³-hybridized carbons (Fsp3) is 0.125. The number of anilines is 1. The van der Waals surface area contributed by atoms with Gasteiger partial charge in [0.25, 0.3) is 11.8 Å². The van der Waals surface area contributed by atoms with Gasteiger partial charge >= 0.3 is 0 Å². The quantitative estimate of drug-likeness (QED) is 0.379. The number of aromatic nitrogens is 1. The molecule has 1 aliphatic rings. The summed E-state index contributed by atoms with van der Waals surface area (Å²) < 4.78 is 15.3. The third kappa shape index (κ3) is 3.80. The molecule has 156 valence electrons. The molecule has 3 aromatic rings. The minimum absolute atomic E-state index is 0.00513. The number of nitrogens with zero attached hydrogens (tertiary/aromatic N) is 2. The Balaban J connectivity index is 1.76. The van der Waals surface area contributed by atoms with Gasteiger partial charge < -0.3 is 4.57 Å². The lowest BCUT2D eigenvalue weighted by atomic mass is 10.1.